The smallest absolute Gasteiger partial charge is 0.240 e. The number of para-hydroxylation sites is 1. The van der Waals surface area contributed by atoms with Crippen molar-refractivity contribution in [3.8, 4) is 5.75 Å². The van der Waals surface area contributed by atoms with Gasteiger partial charge in [-0.2, -0.15) is 0 Å². The zero-order valence-electron chi connectivity index (χ0n) is 13.9. The molecule has 0 unspecified atom stereocenters. The van der Waals surface area contributed by atoms with Crippen LogP contribution in [-0.2, 0) is 14.8 Å². The van der Waals surface area contributed by atoms with E-state index in [1.165, 1.54) is 61.4 Å². The third kappa shape index (κ3) is 4.77. The SMILES string of the molecule is COc1ccc(S(=O)(=O)NCCN(C(C)=O)c2ccccc2F)cc1. The second kappa shape index (κ2) is 8.09. The number of halogens is 1. The van der Waals surface area contributed by atoms with Gasteiger partial charge in [0.2, 0.25) is 15.9 Å². The van der Waals surface area contributed by atoms with Gasteiger partial charge in [-0.05, 0) is 36.4 Å². The number of hydrogen-bond donors (Lipinski definition) is 1. The summed E-state index contributed by atoms with van der Waals surface area (Å²) in [6.45, 7) is 1.25. The lowest BCUT2D eigenvalue weighted by molar-refractivity contribution is -0.116. The second-order valence-electron chi connectivity index (χ2n) is 5.20. The lowest BCUT2D eigenvalue weighted by atomic mass is 10.2. The molecule has 6 nitrogen and oxygen atoms in total. The summed E-state index contributed by atoms with van der Waals surface area (Å²) in [4.78, 5) is 13.0. The largest absolute Gasteiger partial charge is 0.497 e. The van der Waals surface area contributed by atoms with E-state index in [1.807, 2.05) is 0 Å². The lowest BCUT2D eigenvalue weighted by Crippen LogP contribution is -2.38. The van der Waals surface area contributed by atoms with Gasteiger partial charge >= 0.3 is 0 Å². The number of sulfonamides is 1. The number of nitrogens with zero attached hydrogens (tertiary/aromatic N) is 1. The van der Waals surface area contributed by atoms with Crippen LogP contribution in [-0.4, -0.2) is 34.5 Å². The average Bonchev–Trinajstić information content (AvgIpc) is 2.59. The molecule has 0 bridgehead atoms. The van der Waals surface area contributed by atoms with E-state index in [4.69, 9.17) is 4.74 Å². The Labute approximate surface area is 146 Å². The van der Waals surface area contributed by atoms with E-state index in [2.05, 4.69) is 4.72 Å². The Hall–Kier alpha value is -2.45. The van der Waals surface area contributed by atoms with Crippen LogP contribution in [0.3, 0.4) is 0 Å². The van der Waals surface area contributed by atoms with Crippen LogP contribution in [0.2, 0.25) is 0 Å². The van der Waals surface area contributed by atoms with E-state index in [-0.39, 0.29) is 29.6 Å². The van der Waals surface area contributed by atoms with Crippen LogP contribution in [0.25, 0.3) is 0 Å². The maximum Gasteiger partial charge on any atom is 0.240 e. The van der Waals surface area contributed by atoms with Crippen molar-refractivity contribution < 1.29 is 22.3 Å². The van der Waals surface area contributed by atoms with Gasteiger partial charge in [0.25, 0.3) is 0 Å². The molecule has 2 aromatic carbocycles. The van der Waals surface area contributed by atoms with E-state index < -0.39 is 15.8 Å². The molecule has 0 heterocycles. The number of rotatable bonds is 7. The second-order valence-corrected chi connectivity index (χ2v) is 6.96. The minimum atomic E-state index is -3.74. The molecule has 25 heavy (non-hydrogen) atoms. The number of carbonyl (C=O) groups is 1. The molecule has 134 valence electrons. The molecule has 0 saturated heterocycles. The van der Waals surface area contributed by atoms with Gasteiger partial charge in [-0.15, -0.1) is 0 Å². The molecule has 2 aromatic rings. The summed E-state index contributed by atoms with van der Waals surface area (Å²) >= 11 is 0. The standard InChI is InChI=1S/C17H19FN2O4S/c1-13(21)20(17-6-4-3-5-16(17)18)12-11-19-25(22,23)15-9-7-14(24-2)8-10-15/h3-10,19H,11-12H2,1-2H3. The maximum atomic E-state index is 13.9. The Bertz CT molecular complexity index is 838. The van der Waals surface area contributed by atoms with Gasteiger partial charge in [0.15, 0.2) is 0 Å². The molecule has 0 saturated carbocycles. The first-order valence-corrected chi connectivity index (χ1v) is 9.00. The van der Waals surface area contributed by atoms with Crippen LogP contribution >= 0.6 is 0 Å². The Morgan fingerprint density at radius 1 is 1.16 bits per heavy atom. The monoisotopic (exact) mass is 366 g/mol. The summed E-state index contributed by atoms with van der Waals surface area (Å²) in [5.74, 6) is -0.384. The highest BCUT2D eigenvalue weighted by Crippen LogP contribution is 2.19. The van der Waals surface area contributed by atoms with Gasteiger partial charge in [-0.25, -0.2) is 17.5 Å². The average molecular weight is 366 g/mol. The zero-order chi connectivity index (χ0) is 18.4. The van der Waals surface area contributed by atoms with Crippen molar-refractivity contribution >= 4 is 21.6 Å². The van der Waals surface area contributed by atoms with Crippen LogP contribution in [0.4, 0.5) is 10.1 Å². The Balaban J connectivity index is 2.06. The molecule has 1 N–H and O–H groups in total. The van der Waals surface area contributed by atoms with E-state index >= 15 is 0 Å². The number of amides is 1. The van der Waals surface area contributed by atoms with E-state index in [0.717, 1.165) is 0 Å². The molecule has 0 radical (unpaired) electrons. The molecule has 0 aliphatic heterocycles. The summed E-state index contributed by atoms with van der Waals surface area (Å²) in [7, 11) is -2.25. The number of hydrogen-bond acceptors (Lipinski definition) is 4. The summed E-state index contributed by atoms with van der Waals surface area (Å²) in [6.07, 6.45) is 0. The molecule has 0 spiro atoms. The fourth-order valence-corrected chi connectivity index (χ4v) is 3.27. The van der Waals surface area contributed by atoms with Crippen LogP contribution in [0.15, 0.2) is 53.4 Å². The van der Waals surface area contributed by atoms with Crippen LogP contribution in [0.5, 0.6) is 5.75 Å². The van der Waals surface area contributed by atoms with Crippen molar-refractivity contribution in [1.82, 2.24) is 4.72 Å². The van der Waals surface area contributed by atoms with E-state index in [9.17, 15) is 17.6 Å². The number of anilines is 1. The highest BCUT2D eigenvalue weighted by molar-refractivity contribution is 7.89. The fraction of sp³-hybridized carbons (Fsp3) is 0.235. The third-order valence-electron chi connectivity index (χ3n) is 3.52. The van der Waals surface area contributed by atoms with Crippen molar-refractivity contribution in [1.29, 1.82) is 0 Å². The first kappa shape index (κ1) is 18.9. The zero-order valence-corrected chi connectivity index (χ0v) is 14.7. The molecule has 0 aliphatic carbocycles. The molecular weight excluding hydrogens is 347 g/mol. The molecule has 2 rings (SSSR count). The van der Waals surface area contributed by atoms with Crippen molar-refractivity contribution in [2.24, 2.45) is 0 Å². The third-order valence-corrected chi connectivity index (χ3v) is 5.00. The van der Waals surface area contributed by atoms with Crippen molar-refractivity contribution in [3.63, 3.8) is 0 Å². The minimum Gasteiger partial charge on any atom is -0.497 e. The summed E-state index contributed by atoms with van der Waals surface area (Å²) in [6, 6.07) is 11.7. The van der Waals surface area contributed by atoms with Crippen LogP contribution in [0, 0.1) is 5.82 Å². The number of nitrogens with one attached hydrogen (secondary N) is 1. The topological polar surface area (TPSA) is 75.7 Å². The van der Waals surface area contributed by atoms with E-state index in [0.29, 0.717) is 5.75 Å². The summed E-state index contributed by atoms with van der Waals surface area (Å²) < 4.78 is 45.8. The quantitative estimate of drug-likeness (QED) is 0.815. The molecular formula is C17H19FN2O4S. The van der Waals surface area contributed by atoms with Gasteiger partial charge in [0.05, 0.1) is 17.7 Å². The predicted octanol–water partition coefficient (Wildman–Crippen LogP) is 2.17. The van der Waals surface area contributed by atoms with E-state index in [1.54, 1.807) is 6.07 Å². The maximum absolute atomic E-state index is 13.9. The summed E-state index contributed by atoms with van der Waals surface area (Å²) in [5.41, 5.74) is 0.110. The predicted molar refractivity (Wildman–Crippen MR) is 92.6 cm³/mol. The molecule has 0 atom stereocenters. The highest BCUT2D eigenvalue weighted by Gasteiger charge is 2.18. The fourth-order valence-electron chi connectivity index (χ4n) is 2.25. The Morgan fingerprint density at radius 3 is 2.36 bits per heavy atom. The molecule has 1 amide bonds. The Kier molecular flexibility index (Phi) is 6.11. The van der Waals surface area contributed by atoms with Gasteiger partial charge in [-0.3, -0.25) is 4.79 Å². The van der Waals surface area contributed by atoms with Crippen molar-refractivity contribution in [3.05, 3.63) is 54.3 Å². The first-order chi connectivity index (χ1) is 11.8. The number of benzene rings is 2. The van der Waals surface area contributed by atoms with Crippen molar-refractivity contribution in [2.45, 2.75) is 11.8 Å². The lowest BCUT2D eigenvalue weighted by Gasteiger charge is -2.21. The van der Waals surface area contributed by atoms with Gasteiger partial charge in [-0.1, -0.05) is 12.1 Å². The highest BCUT2D eigenvalue weighted by atomic mass is 32.2. The Morgan fingerprint density at radius 2 is 1.80 bits per heavy atom. The molecule has 8 heteroatoms. The van der Waals surface area contributed by atoms with Crippen LogP contribution in [0.1, 0.15) is 6.92 Å². The first-order valence-electron chi connectivity index (χ1n) is 7.51. The van der Waals surface area contributed by atoms with Crippen molar-refractivity contribution in [2.75, 3.05) is 25.1 Å². The normalized spacial score (nSPS) is 11.2. The minimum absolute atomic E-state index is 0.00561. The van der Waals surface area contributed by atoms with Gasteiger partial charge < -0.3 is 9.64 Å². The molecule has 0 fully saturated rings. The van der Waals surface area contributed by atoms with Gasteiger partial charge in [0.1, 0.15) is 11.6 Å². The molecule has 0 aliphatic rings. The number of methoxy groups -OCH3 is 1. The number of carbonyl (C=O) groups excluding carboxylic acids is 1. The van der Waals surface area contributed by atoms with Crippen LogP contribution < -0.4 is 14.4 Å². The summed E-state index contributed by atoms with van der Waals surface area (Å²) in [5, 5.41) is 0. The number of ether oxygens (including phenoxy) is 1. The molecule has 0 aromatic heterocycles. The van der Waals surface area contributed by atoms with Gasteiger partial charge in [0, 0.05) is 20.0 Å².